The minimum atomic E-state index is -3.11. The Bertz CT molecular complexity index is 442. The highest BCUT2D eigenvalue weighted by atomic mass is 79.9. The Hall–Kier alpha value is -0.550. The second kappa shape index (κ2) is 4.85. The van der Waals surface area contributed by atoms with Crippen molar-refractivity contribution in [3.8, 4) is 0 Å². The highest BCUT2D eigenvalue weighted by molar-refractivity contribution is 9.10. The van der Waals surface area contributed by atoms with Gasteiger partial charge in [0.15, 0.2) is 0 Å². The van der Waals surface area contributed by atoms with Gasteiger partial charge in [0.2, 0.25) is 0 Å². The van der Waals surface area contributed by atoms with Crippen molar-refractivity contribution in [1.29, 1.82) is 0 Å². The lowest BCUT2D eigenvalue weighted by Crippen LogP contribution is -2.56. The number of hydrogen-bond acceptors (Lipinski definition) is 1. The van der Waals surface area contributed by atoms with E-state index in [0.717, 1.165) is 6.07 Å². The summed E-state index contributed by atoms with van der Waals surface area (Å²) in [5.41, 5.74) is -0.509. The maximum atomic E-state index is 14.2. The first-order chi connectivity index (χ1) is 8.34. The van der Waals surface area contributed by atoms with Crippen LogP contribution < -0.4 is 0 Å². The molecule has 0 spiro atoms. The monoisotopic (exact) mass is 321 g/mol. The summed E-state index contributed by atoms with van der Waals surface area (Å²) in [4.78, 5) is 1.95. The summed E-state index contributed by atoms with van der Waals surface area (Å²) in [6, 6.07) is 4.29. The van der Waals surface area contributed by atoms with E-state index in [1.165, 1.54) is 12.1 Å². The molecular weight excluding hydrogens is 307 g/mol. The number of hydrogen-bond donors (Lipinski definition) is 0. The van der Waals surface area contributed by atoms with E-state index in [1.807, 2.05) is 18.7 Å². The Morgan fingerprint density at radius 1 is 1.33 bits per heavy atom. The van der Waals surface area contributed by atoms with Crippen LogP contribution >= 0.6 is 15.9 Å². The zero-order valence-electron chi connectivity index (χ0n) is 10.3. The molecule has 0 unspecified atom stereocenters. The molecule has 0 amide bonds. The second-order valence-electron chi connectivity index (χ2n) is 4.97. The lowest BCUT2D eigenvalue weighted by Gasteiger charge is -2.45. The summed E-state index contributed by atoms with van der Waals surface area (Å²) in [7, 11) is 0. The molecule has 0 atom stereocenters. The lowest BCUT2D eigenvalue weighted by molar-refractivity contribution is -0.132. The maximum Gasteiger partial charge on any atom is 0.281 e. The van der Waals surface area contributed by atoms with Crippen molar-refractivity contribution in [2.45, 2.75) is 25.8 Å². The topological polar surface area (TPSA) is 3.24 Å². The van der Waals surface area contributed by atoms with Gasteiger partial charge in [0, 0.05) is 19.1 Å². The Morgan fingerprint density at radius 3 is 2.50 bits per heavy atom. The molecule has 0 aromatic heterocycles. The number of likely N-dealkylation sites (tertiary alicyclic amines) is 1. The largest absolute Gasteiger partial charge is 0.300 e. The average molecular weight is 322 g/mol. The number of rotatable bonds is 3. The summed E-state index contributed by atoms with van der Waals surface area (Å²) >= 11 is 2.94. The maximum absolute atomic E-state index is 14.2. The third-order valence-corrected chi connectivity index (χ3v) is 4.08. The van der Waals surface area contributed by atoms with Crippen LogP contribution in [0.5, 0.6) is 0 Å². The van der Waals surface area contributed by atoms with Gasteiger partial charge in [0.25, 0.3) is 5.92 Å². The fraction of sp³-hybridized carbons (Fsp3) is 0.538. The third-order valence-electron chi connectivity index (χ3n) is 3.46. The van der Waals surface area contributed by atoms with Gasteiger partial charge in [-0.15, -0.1) is 0 Å². The van der Waals surface area contributed by atoms with Crippen molar-refractivity contribution in [2.24, 2.45) is 5.92 Å². The molecule has 1 aliphatic rings. The fourth-order valence-corrected chi connectivity index (χ4v) is 2.51. The van der Waals surface area contributed by atoms with Gasteiger partial charge in [0.1, 0.15) is 5.82 Å². The molecule has 0 bridgehead atoms. The van der Waals surface area contributed by atoms with Gasteiger partial charge in [-0.3, -0.25) is 4.90 Å². The molecule has 0 radical (unpaired) electrons. The summed E-state index contributed by atoms with van der Waals surface area (Å²) in [6.07, 6.45) is 0. The Labute approximate surface area is 113 Å². The minimum absolute atomic E-state index is 0.0831. The lowest BCUT2D eigenvalue weighted by atomic mass is 9.87. The van der Waals surface area contributed by atoms with Gasteiger partial charge in [-0.05, 0) is 41.9 Å². The van der Waals surface area contributed by atoms with Crippen molar-refractivity contribution in [3.05, 3.63) is 34.1 Å². The van der Waals surface area contributed by atoms with Crippen molar-refractivity contribution < 1.29 is 13.2 Å². The van der Waals surface area contributed by atoms with Crippen LogP contribution in [0.3, 0.4) is 0 Å². The molecule has 1 heterocycles. The molecule has 2 rings (SSSR count). The summed E-state index contributed by atoms with van der Waals surface area (Å²) in [6.45, 7) is 4.56. The van der Waals surface area contributed by atoms with Crippen molar-refractivity contribution in [2.75, 3.05) is 13.1 Å². The van der Waals surface area contributed by atoms with Crippen molar-refractivity contribution in [1.82, 2.24) is 4.90 Å². The van der Waals surface area contributed by atoms with E-state index < -0.39 is 23.2 Å². The molecule has 0 saturated carbocycles. The Kier molecular flexibility index (Phi) is 3.74. The molecule has 1 aliphatic heterocycles. The molecule has 1 aromatic rings. The zero-order valence-corrected chi connectivity index (χ0v) is 11.8. The summed E-state index contributed by atoms with van der Waals surface area (Å²) in [5, 5.41) is 0. The van der Waals surface area contributed by atoms with Crippen LogP contribution in [0.15, 0.2) is 22.7 Å². The van der Waals surface area contributed by atoms with Crippen LogP contribution in [0.2, 0.25) is 0 Å². The SMILES string of the molecule is CC(C)N1CC(C(F)(F)c2cccc(Br)c2F)C1. The third kappa shape index (κ3) is 2.30. The van der Waals surface area contributed by atoms with Crippen LogP contribution in [0.25, 0.3) is 0 Å². The smallest absolute Gasteiger partial charge is 0.281 e. The van der Waals surface area contributed by atoms with Crippen LogP contribution in [0.4, 0.5) is 13.2 Å². The zero-order chi connectivity index (χ0) is 13.5. The number of nitrogens with zero attached hydrogens (tertiary/aromatic N) is 1. The standard InChI is InChI=1S/C13H15BrF3N/c1-8(2)18-6-9(7-18)13(16,17)10-4-3-5-11(14)12(10)15/h3-5,8-9H,6-7H2,1-2H3. The van der Waals surface area contributed by atoms with E-state index in [-0.39, 0.29) is 10.5 Å². The summed E-state index contributed by atoms with van der Waals surface area (Å²) < 4.78 is 42.2. The average Bonchev–Trinajstić information content (AvgIpc) is 2.18. The van der Waals surface area contributed by atoms with Gasteiger partial charge < -0.3 is 0 Å². The van der Waals surface area contributed by atoms with Crippen molar-refractivity contribution in [3.63, 3.8) is 0 Å². The van der Waals surface area contributed by atoms with Gasteiger partial charge >= 0.3 is 0 Å². The molecule has 1 aromatic carbocycles. The molecular formula is C13H15BrF3N. The van der Waals surface area contributed by atoms with Gasteiger partial charge in [-0.1, -0.05) is 6.07 Å². The van der Waals surface area contributed by atoms with E-state index in [9.17, 15) is 13.2 Å². The molecule has 5 heteroatoms. The predicted molar refractivity (Wildman–Crippen MR) is 68.2 cm³/mol. The van der Waals surface area contributed by atoms with Crippen molar-refractivity contribution >= 4 is 15.9 Å². The molecule has 0 N–H and O–H groups in total. The first-order valence-electron chi connectivity index (χ1n) is 5.90. The van der Waals surface area contributed by atoms with E-state index in [0.29, 0.717) is 13.1 Å². The predicted octanol–water partition coefficient (Wildman–Crippen LogP) is 4.02. The first-order valence-corrected chi connectivity index (χ1v) is 6.69. The van der Waals surface area contributed by atoms with E-state index in [1.54, 1.807) is 0 Å². The van der Waals surface area contributed by atoms with Crippen LogP contribution in [0.1, 0.15) is 19.4 Å². The molecule has 1 nitrogen and oxygen atoms in total. The Morgan fingerprint density at radius 2 is 1.94 bits per heavy atom. The van der Waals surface area contributed by atoms with E-state index >= 15 is 0 Å². The minimum Gasteiger partial charge on any atom is -0.300 e. The number of benzene rings is 1. The first kappa shape index (κ1) is 13.9. The highest BCUT2D eigenvalue weighted by Gasteiger charge is 2.49. The van der Waals surface area contributed by atoms with Gasteiger partial charge in [-0.2, -0.15) is 0 Å². The van der Waals surface area contributed by atoms with Crippen LogP contribution in [-0.4, -0.2) is 24.0 Å². The van der Waals surface area contributed by atoms with Gasteiger partial charge in [-0.25, -0.2) is 13.2 Å². The molecule has 0 aliphatic carbocycles. The molecule has 100 valence electrons. The fourth-order valence-electron chi connectivity index (χ4n) is 2.14. The van der Waals surface area contributed by atoms with E-state index in [2.05, 4.69) is 15.9 Å². The normalized spacial score (nSPS) is 18.2. The summed E-state index contributed by atoms with van der Waals surface area (Å²) in [5.74, 6) is -4.77. The molecule has 18 heavy (non-hydrogen) atoms. The van der Waals surface area contributed by atoms with Crippen LogP contribution in [0, 0.1) is 11.7 Å². The number of alkyl halides is 2. The number of halogens is 4. The quantitative estimate of drug-likeness (QED) is 0.812. The molecule has 1 fully saturated rings. The Balaban J connectivity index is 2.19. The van der Waals surface area contributed by atoms with Gasteiger partial charge in [0.05, 0.1) is 16.0 Å². The van der Waals surface area contributed by atoms with Crippen LogP contribution in [-0.2, 0) is 5.92 Å². The van der Waals surface area contributed by atoms with E-state index in [4.69, 9.17) is 0 Å². The molecule has 1 saturated heterocycles. The second-order valence-corrected chi connectivity index (χ2v) is 5.82. The highest BCUT2D eigenvalue weighted by Crippen LogP contribution is 2.43.